The third kappa shape index (κ3) is 17.2. The zero-order valence-electron chi connectivity index (χ0n) is 45.2. The zero-order chi connectivity index (χ0) is 51.4. The van der Waals surface area contributed by atoms with Crippen LogP contribution in [-0.4, -0.2) is 88.8 Å². The average Bonchev–Trinajstić information content (AvgIpc) is 4.28. The summed E-state index contributed by atoms with van der Waals surface area (Å²) in [6.45, 7) is 10.8. The van der Waals surface area contributed by atoms with Crippen LogP contribution in [0.5, 0.6) is 0 Å². The molecule has 398 valence electrons. The van der Waals surface area contributed by atoms with E-state index in [-0.39, 0.29) is 55.7 Å². The first-order valence-electron chi connectivity index (χ1n) is 28.7. The standard InChI is InChI=1S/C66H82N2O4Se3/c1-4-7-10-15-19-50-23-31-54(32-24-50)67(55-33-27-52(28-34-55)21-17-12-13-18-45-69-46-58-47-70-58)65-43-41-63(74-65)61-39-40-62(73-61)64-42-44-66(75-64)68(56-35-25-51(26-36-56)20-16-11-8-5-2)57-37-29-53(30-38-57)60(22-14-9-6-3)72-49-59-48-71-59/h23-44,58-60H,4-22,45-49H2,1-3H3. The molecule has 2 aliphatic heterocycles. The molecule has 5 heterocycles. The monoisotopic (exact) mass is 1210 g/mol. The van der Waals surface area contributed by atoms with Crippen LogP contribution in [0, 0.1) is 0 Å². The molecule has 3 atom stereocenters. The predicted molar refractivity (Wildman–Crippen MR) is 318 cm³/mol. The van der Waals surface area contributed by atoms with Crippen LogP contribution in [0.2, 0.25) is 0 Å². The summed E-state index contributed by atoms with van der Waals surface area (Å²) in [5.41, 5.74) is 10.5. The topological polar surface area (TPSA) is 50.0 Å². The van der Waals surface area contributed by atoms with E-state index in [0.29, 0.717) is 12.7 Å². The Balaban J connectivity index is 0.919. The van der Waals surface area contributed by atoms with Crippen LogP contribution in [0.15, 0.2) is 133 Å². The van der Waals surface area contributed by atoms with Crippen molar-refractivity contribution in [1.29, 1.82) is 0 Å². The Labute approximate surface area is 468 Å². The van der Waals surface area contributed by atoms with Gasteiger partial charge in [0.15, 0.2) is 0 Å². The Morgan fingerprint density at radius 3 is 1.27 bits per heavy atom. The van der Waals surface area contributed by atoms with Gasteiger partial charge in [0, 0.05) is 0 Å². The Morgan fingerprint density at radius 2 is 0.813 bits per heavy atom. The van der Waals surface area contributed by atoms with E-state index >= 15 is 0 Å². The van der Waals surface area contributed by atoms with Gasteiger partial charge >= 0.3 is 443 Å². The first-order chi connectivity index (χ1) is 37.0. The Bertz CT molecular complexity index is 2700. The van der Waals surface area contributed by atoms with Gasteiger partial charge in [-0.15, -0.1) is 0 Å². The normalized spacial score (nSPS) is 15.3. The van der Waals surface area contributed by atoms with Crippen molar-refractivity contribution in [1.82, 2.24) is 0 Å². The summed E-state index contributed by atoms with van der Waals surface area (Å²) < 4.78 is 31.9. The van der Waals surface area contributed by atoms with Crippen molar-refractivity contribution in [2.24, 2.45) is 0 Å². The molecule has 75 heavy (non-hydrogen) atoms. The number of epoxide rings is 2. The molecule has 3 aromatic heterocycles. The van der Waals surface area contributed by atoms with E-state index in [4.69, 9.17) is 18.9 Å². The molecule has 6 nitrogen and oxygen atoms in total. The summed E-state index contributed by atoms with van der Waals surface area (Å²) in [4.78, 5) is 5.07. The van der Waals surface area contributed by atoms with Gasteiger partial charge in [-0.2, -0.15) is 0 Å². The second-order valence-electron chi connectivity index (χ2n) is 20.8. The van der Waals surface area contributed by atoms with Crippen LogP contribution >= 0.6 is 0 Å². The molecule has 0 bridgehead atoms. The maximum absolute atomic E-state index is 6.49. The molecule has 0 radical (unpaired) electrons. The molecule has 7 aromatic rings. The Morgan fingerprint density at radius 1 is 0.427 bits per heavy atom. The second kappa shape index (κ2) is 29.9. The van der Waals surface area contributed by atoms with Gasteiger partial charge in [-0.1, -0.05) is 0 Å². The van der Waals surface area contributed by atoms with Crippen molar-refractivity contribution in [3.05, 3.63) is 156 Å². The van der Waals surface area contributed by atoms with Crippen LogP contribution < -0.4 is 9.80 Å². The average molecular weight is 1200 g/mol. The summed E-state index contributed by atoms with van der Waals surface area (Å²) in [5, 5.41) is 0. The minimum absolute atomic E-state index is 0.0971. The number of ether oxygens (including phenoxy) is 4. The number of benzene rings is 4. The predicted octanol–water partition coefficient (Wildman–Crippen LogP) is 16.9. The first kappa shape index (κ1) is 56.1. The van der Waals surface area contributed by atoms with Crippen LogP contribution in [0.3, 0.4) is 0 Å². The van der Waals surface area contributed by atoms with Crippen LogP contribution in [0.1, 0.15) is 152 Å². The summed E-state index contributed by atoms with van der Waals surface area (Å²) in [7, 11) is 0. The first-order valence-corrected chi connectivity index (χ1v) is 33.9. The fourth-order valence-corrected chi connectivity index (χ4v) is 17.6. The number of hydrogen-bond donors (Lipinski definition) is 0. The molecule has 3 unspecified atom stereocenters. The quantitative estimate of drug-likeness (QED) is 0.0224. The van der Waals surface area contributed by atoms with Gasteiger partial charge < -0.3 is 9.47 Å². The van der Waals surface area contributed by atoms with Gasteiger partial charge in [0.2, 0.25) is 0 Å². The second-order valence-corrected chi connectivity index (χ2v) is 27.5. The third-order valence-electron chi connectivity index (χ3n) is 14.6. The molecule has 2 fully saturated rings. The number of unbranched alkanes of at least 4 members (excludes halogenated alkanes) is 11. The molecule has 2 aliphatic rings. The van der Waals surface area contributed by atoms with Crippen molar-refractivity contribution < 1.29 is 18.9 Å². The minimum atomic E-state index is 0.0971. The van der Waals surface area contributed by atoms with Gasteiger partial charge in [0.05, 0.1) is 13.2 Å². The van der Waals surface area contributed by atoms with E-state index < -0.39 is 0 Å². The van der Waals surface area contributed by atoms with Crippen molar-refractivity contribution in [2.45, 2.75) is 161 Å². The fourth-order valence-electron chi connectivity index (χ4n) is 9.93. The molecule has 0 N–H and O–H groups in total. The van der Waals surface area contributed by atoms with Gasteiger partial charge in [0.1, 0.15) is 6.10 Å². The van der Waals surface area contributed by atoms with Crippen molar-refractivity contribution in [2.75, 3.05) is 42.8 Å². The van der Waals surface area contributed by atoms with E-state index in [0.717, 1.165) is 58.5 Å². The summed E-state index contributed by atoms with van der Waals surface area (Å²) >= 11 is 0.593. The van der Waals surface area contributed by atoms with Crippen molar-refractivity contribution in [3.8, 4) is 17.7 Å². The van der Waals surface area contributed by atoms with E-state index in [1.807, 2.05) is 0 Å². The van der Waals surface area contributed by atoms with E-state index in [9.17, 15) is 0 Å². The van der Waals surface area contributed by atoms with Crippen molar-refractivity contribution >= 4 is 75.4 Å². The summed E-state index contributed by atoms with van der Waals surface area (Å²) in [6.07, 6.45) is 23.9. The van der Waals surface area contributed by atoms with Crippen LogP contribution in [0.25, 0.3) is 17.7 Å². The number of hydrogen-bond acceptors (Lipinski definition) is 6. The molecular weight excluding hydrogens is 1120 g/mol. The van der Waals surface area contributed by atoms with E-state index in [1.54, 1.807) is 0 Å². The zero-order valence-corrected chi connectivity index (χ0v) is 50.3. The number of rotatable bonds is 35. The number of anilines is 6. The fraction of sp³-hybridized carbons (Fsp3) is 0.455. The molecule has 4 aromatic carbocycles. The van der Waals surface area contributed by atoms with E-state index in [2.05, 4.69) is 164 Å². The maximum atomic E-state index is 6.49. The third-order valence-corrected chi connectivity index (χ3v) is 23.0. The van der Waals surface area contributed by atoms with Crippen molar-refractivity contribution in [3.63, 3.8) is 0 Å². The number of aryl methyl sites for hydroxylation is 3. The number of nitrogens with zero attached hydrogens (tertiary/aromatic N) is 2. The molecule has 9 heteroatoms. The molecule has 0 saturated carbocycles. The molecule has 9 rings (SSSR count). The van der Waals surface area contributed by atoms with Crippen LogP contribution in [0.4, 0.5) is 31.9 Å². The van der Waals surface area contributed by atoms with Gasteiger partial charge in [-0.25, -0.2) is 0 Å². The molecule has 2 saturated heterocycles. The van der Waals surface area contributed by atoms with Gasteiger partial charge in [-0.3, -0.25) is 0 Å². The molecular formula is C66H82N2O4Se3. The Hall–Kier alpha value is -3.68. The Kier molecular flexibility index (Phi) is 22.3. The SMILES string of the molecule is CCCCCCc1ccc(N(c2ccc(CCCCCCOCC3CO3)cc2)c2ccc(-c3ccc(-c4ccc(N(c5ccc(CCCCCC)cc5)c5ccc(C(CCCCC)OCC6CO6)cc5)[se]4)[se]3)[se]2)cc1. The van der Waals surface area contributed by atoms with Gasteiger partial charge in [0.25, 0.3) is 0 Å². The molecule has 0 amide bonds. The molecule has 0 spiro atoms. The van der Waals surface area contributed by atoms with E-state index in [1.165, 1.54) is 162 Å². The summed E-state index contributed by atoms with van der Waals surface area (Å²) in [6, 6.07) is 52.3. The molecule has 0 aliphatic carbocycles. The van der Waals surface area contributed by atoms with Crippen LogP contribution in [-0.2, 0) is 38.2 Å². The summed E-state index contributed by atoms with van der Waals surface area (Å²) in [5.74, 6) is 0. The van der Waals surface area contributed by atoms with Gasteiger partial charge in [-0.05, 0) is 0 Å².